The lowest BCUT2D eigenvalue weighted by Gasteiger charge is -2.22. The van der Waals surface area contributed by atoms with Gasteiger partial charge in [-0.2, -0.15) is 4.31 Å². The third kappa shape index (κ3) is 5.72. The Hall–Kier alpha value is -2.48. The molecule has 182 valence electrons. The maximum Gasteiger partial charge on any atom is 0.324 e. The number of nitrogens with one attached hydrogen (secondary N) is 1. The zero-order valence-electron chi connectivity index (χ0n) is 18.7. The smallest absolute Gasteiger partial charge is 0.324 e. The number of esters is 1. The van der Waals surface area contributed by atoms with Crippen LogP contribution in [0.2, 0.25) is 0 Å². The lowest BCUT2D eigenvalue weighted by atomic mass is 10.2. The molecule has 1 aromatic carbocycles. The Labute approximate surface area is 193 Å². The van der Waals surface area contributed by atoms with Gasteiger partial charge in [0.15, 0.2) is 5.03 Å². The van der Waals surface area contributed by atoms with Crippen LogP contribution in [-0.4, -0.2) is 69.0 Å². The number of nitrogens with zero attached hydrogens (tertiary/aromatic N) is 3. The number of carbonyl (C=O) groups excluding carboxylic acids is 1. The third-order valence-corrected chi connectivity index (χ3v) is 8.50. The summed E-state index contributed by atoms with van der Waals surface area (Å²) in [6.45, 7) is 2.33. The van der Waals surface area contributed by atoms with Gasteiger partial charge in [-0.05, 0) is 37.1 Å². The molecule has 1 saturated heterocycles. The molecule has 0 aliphatic carbocycles. The van der Waals surface area contributed by atoms with Crippen molar-refractivity contribution in [2.24, 2.45) is 7.05 Å². The summed E-state index contributed by atoms with van der Waals surface area (Å²) in [5, 5.41) is -0.195. The van der Waals surface area contributed by atoms with Gasteiger partial charge in [0.2, 0.25) is 10.0 Å². The van der Waals surface area contributed by atoms with E-state index in [1.54, 1.807) is 19.2 Å². The summed E-state index contributed by atoms with van der Waals surface area (Å²) in [7, 11) is -5.33. The number of unbranched alkanes of at least 4 members (excludes halogenated alkanes) is 1. The van der Waals surface area contributed by atoms with Crippen LogP contribution in [0.3, 0.4) is 0 Å². The predicted molar refractivity (Wildman–Crippen MR) is 118 cm³/mol. The molecule has 0 radical (unpaired) electrons. The Morgan fingerprint density at radius 2 is 1.91 bits per heavy atom. The molecule has 3 rings (SSSR count). The van der Waals surface area contributed by atoms with Crippen LogP contribution in [0.25, 0.3) is 0 Å². The number of methoxy groups -OCH3 is 1. The van der Waals surface area contributed by atoms with Gasteiger partial charge in [-0.15, -0.1) is 0 Å². The van der Waals surface area contributed by atoms with Crippen molar-refractivity contribution in [3.8, 4) is 5.75 Å². The van der Waals surface area contributed by atoms with Gasteiger partial charge in [-0.3, -0.25) is 4.79 Å². The van der Waals surface area contributed by atoms with E-state index in [9.17, 15) is 21.6 Å². The van der Waals surface area contributed by atoms with Gasteiger partial charge in [0.1, 0.15) is 11.8 Å². The van der Waals surface area contributed by atoms with Gasteiger partial charge in [0.05, 0.1) is 24.9 Å². The fourth-order valence-corrected chi connectivity index (χ4v) is 6.35. The third-order valence-electron chi connectivity index (χ3n) is 5.20. The molecular weight excluding hydrogens is 472 g/mol. The lowest BCUT2D eigenvalue weighted by Crippen LogP contribution is -2.41. The number of benzene rings is 1. The molecule has 1 aliphatic heterocycles. The molecule has 13 heteroatoms. The van der Waals surface area contributed by atoms with E-state index in [2.05, 4.69) is 9.71 Å². The number of rotatable bonds is 10. The summed E-state index contributed by atoms with van der Waals surface area (Å²) >= 11 is 0. The second-order valence-corrected chi connectivity index (χ2v) is 11.3. The highest BCUT2D eigenvalue weighted by Crippen LogP contribution is 2.29. The van der Waals surface area contributed by atoms with E-state index in [-0.39, 0.29) is 22.9 Å². The Kier molecular flexibility index (Phi) is 7.77. The van der Waals surface area contributed by atoms with E-state index >= 15 is 0 Å². The first-order valence-corrected chi connectivity index (χ1v) is 13.3. The highest BCUT2D eigenvalue weighted by molar-refractivity contribution is 7.89. The van der Waals surface area contributed by atoms with Gasteiger partial charge in [-0.25, -0.2) is 26.5 Å². The number of hydrogen-bond donors (Lipinski definition) is 1. The number of hydrogen-bond acceptors (Lipinski definition) is 8. The lowest BCUT2D eigenvalue weighted by molar-refractivity contribution is -0.144. The van der Waals surface area contributed by atoms with Crippen LogP contribution in [0.1, 0.15) is 26.2 Å². The topological polar surface area (TPSA) is 137 Å². The number of sulfonamides is 2. The van der Waals surface area contributed by atoms with Crippen molar-refractivity contribution in [3.05, 3.63) is 36.8 Å². The molecule has 0 spiro atoms. The Bertz CT molecular complexity index is 1180. The number of ether oxygens (including phenoxy) is 2. The zero-order valence-corrected chi connectivity index (χ0v) is 20.3. The van der Waals surface area contributed by atoms with Crippen molar-refractivity contribution in [2.45, 2.75) is 48.2 Å². The molecule has 1 fully saturated rings. The van der Waals surface area contributed by atoms with Gasteiger partial charge in [0, 0.05) is 25.8 Å². The average Bonchev–Trinajstić information content (AvgIpc) is 3.41. The van der Waals surface area contributed by atoms with Crippen LogP contribution in [0.5, 0.6) is 5.75 Å². The maximum atomic E-state index is 13.3. The largest absolute Gasteiger partial charge is 0.494 e. The predicted octanol–water partition coefficient (Wildman–Crippen LogP) is 0.882. The minimum absolute atomic E-state index is 0.0347. The number of aromatic nitrogens is 2. The van der Waals surface area contributed by atoms with Crippen LogP contribution < -0.4 is 9.46 Å². The van der Waals surface area contributed by atoms with Crippen molar-refractivity contribution < 1.29 is 31.1 Å². The summed E-state index contributed by atoms with van der Waals surface area (Å²) in [4.78, 5) is 16.1. The van der Waals surface area contributed by atoms with Crippen molar-refractivity contribution >= 4 is 26.0 Å². The fourth-order valence-electron chi connectivity index (χ4n) is 3.49. The molecule has 0 saturated carbocycles. The van der Waals surface area contributed by atoms with Gasteiger partial charge >= 0.3 is 5.97 Å². The average molecular weight is 501 g/mol. The molecule has 0 unspecified atom stereocenters. The van der Waals surface area contributed by atoms with Crippen LogP contribution in [0.4, 0.5) is 0 Å². The SMILES string of the molecule is CCCCOc1ccc(S(=O)(=O)N2C[C@@H](NS(=O)(=O)c3cn(C)cn3)C[C@@H]2C(=O)OC)cc1. The van der Waals surface area contributed by atoms with Gasteiger partial charge in [-0.1, -0.05) is 13.3 Å². The molecule has 1 aliphatic rings. The van der Waals surface area contributed by atoms with Crippen LogP contribution in [0, 0.1) is 0 Å². The molecule has 2 heterocycles. The molecule has 0 amide bonds. The van der Waals surface area contributed by atoms with E-state index in [0.29, 0.717) is 12.4 Å². The first-order chi connectivity index (χ1) is 15.6. The first kappa shape index (κ1) is 25.1. The minimum Gasteiger partial charge on any atom is -0.494 e. The molecular formula is C20H28N4O7S2. The Morgan fingerprint density at radius 1 is 1.21 bits per heavy atom. The Balaban J connectivity index is 1.81. The zero-order chi connectivity index (χ0) is 24.2. The molecule has 11 nitrogen and oxygen atoms in total. The van der Waals surface area contributed by atoms with Crippen LogP contribution in [0.15, 0.2) is 46.7 Å². The van der Waals surface area contributed by atoms with E-state index in [0.717, 1.165) is 24.3 Å². The van der Waals surface area contributed by atoms with E-state index in [1.807, 2.05) is 6.92 Å². The highest BCUT2D eigenvalue weighted by Gasteiger charge is 2.45. The maximum absolute atomic E-state index is 13.3. The summed E-state index contributed by atoms with van der Waals surface area (Å²) in [6.07, 6.45) is 4.45. The second kappa shape index (κ2) is 10.2. The summed E-state index contributed by atoms with van der Waals surface area (Å²) in [5.41, 5.74) is 0. The molecule has 0 bridgehead atoms. The number of imidazole rings is 1. The summed E-state index contributed by atoms with van der Waals surface area (Å²) in [5.74, 6) is -0.230. The monoisotopic (exact) mass is 500 g/mol. The van der Waals surface area contributed by atoms with Crippen molar-refractivity contribution in [1.82, 2.24) is 18.6 Å². The standard InChI is InChI=1S/C20H28N4O7S2/c1-4-5-10-31-16-6-8-17(9-7-16)33(28,29)24-12-15(11-18(24)20(25)30-3)22-32(26,27)19-13-23(2)14-21-19/h6-9,13-15,18,22H,4-5,10-12H2,1-3H3/t15-,18+/m0/s1. The van der Waals surface area contributed by atoms with E-state index < -0.39 is 38.1 Å². The highest BCUT2D eigenvalue weighted by atomic mass is 32.2. The number of aryl methyl sites for hydroxylation is 1. The van der Waals surface area contributed by atoms with Crippen molar-refractivity contribution in [1.29, 1.82) is 0 Å². The van der Waals surface area contributed by atoms with Crippen molar-refractivity contribution in [3.63, 3.8) is 0 Å². The molecule has 2 aromatic rings. The van der Waals surface area contributed by atoms with Gasteiger partial charge in [0.25, 0.3) is 10.0 Å². The fraction of sp³-hybridized carbons (Fsp3) is 0.500. The second-order valence-electron chi connectivity index (χ2n) is 7.72. The molecule has 1 aromatic heterocycles. The quantitative estimate of drug-likeness (QED) is 0.375. The molecule has 33 heavy (non-hydrogen) atoms. The van der Waals surface area contributed by atoms with Gasteiger partial charge < -0.3 is 14.0 Å². The molecule has 1 N–H and O–H groups in total. The van der Waals surface area contributed by atoms with Crippen molar-refractivity contribution in [2.75, 3.05) is 20.3 Å². The summed E-state index contributed by atoms with van der Waals surface area (Å²) in [6, 6.07) is 3.89. The van der Waals surface area contributed by atoms with Crippen LogP contribution in [-0.2, 0) is 36.6 Å². The van der Waals surface area contributed by atoms with E-state index in [1.165, 1.54) is 29.2 Å². The minimum atomic E-state index is -4.11. The summed E-state index contributed by atoms with van der Waals surface area (Å²) < 4.78 is 67.1. The first-order valence-electron chi connectivity index (χ1n) is 10.4. The molecule has 2 atom stereocenters. The Morgan fingerprint density at radius 3 is 2.48 bits per heavy atom. The van der Waals surface area contributed by atoms with E-state index in [4.69, 9.17) is 9.47 Å². The van der Waals surface area contributed by atoms with Crippen LogP contribution >= 0.6 is 0 Å². The normalized spacial score (nSPS) is 19.5. The number of carbonyl (C=O) groups is 1.